The molecule has 0 atom stereocenters. The predicted octanol–water partition coefficient (Wildman–Crippen LogP) is 3.15. The second-order valence-electron chi connectivity index (χ2n) is 4.95. The molecule has 0 aliphatic rings. The number of benzene rings is 1. The van der Waals surface area contributed by atoms with Crippen molar-refractivity contribution < 1.29 is 9.53 Å². The van der Waals surface area contributed by atoms with Crippen molar-refractivity contribution in [1.82, 2.24) is 0 Å². The van der Waals surface area contributed by atoms with E-state index in [0.717, 1.165) is 5.56 Å². The van der Waals surface area contributed by atoms with Crippen molar-refractivity contribution >= 4 is 5.78 Å². The summed E-state index contributed by atoms with van der Waals surface area (Å²) in [6.45, 7) is 10.3. The third kappa shape index (κ3) is 4.31. The van der Waals surface area contributed by atoms with E-state index in [-0.39, 0.29) is 18.5 Å². The molecular weight excluding hydrogens is 212 g/mol. The molecule has 0 saturated heterocycles. The van der Waals surface area contributed by atoms with E-state index in [1.165, 1.54) is 16.7 Å². The van der Waals surface area contributed by atoms with E-state index in [0.29, 0.717) is 6.42 Å². The molecule has 0 unspecified atom stereocenters. The number of ether oxygens (including phenoxy) is 1. The van der Waals surface area contributed by atoms with E-state index < -0.39 is 0 Å². The molecule has 1 rings (SSSR count). The Morgan fingerprint density at radius 3 is 2.18 bits per heavy atom. The third-order valence-corrected chi connectivity index (χ3v) is 2.79. The van der Waals surface area contributed by atoms with Gasteiger partial charge in [0.25, 0.3) is 0 Å². The molecule has 0 aliphatic carbocycles. The Bertz CT molecular complexity index is 382. The fourth-order valence-electron chi connectivity index (χ4n) is 2.00. The maximum Gasteiger partial charge on any atom is 0.162 e. The number of Topliss-reactive ketones (excluding diaryl/α,β-unsaturated/α-hetero) is 1. The lowest BCUT2D eigenvalue weighted by Crippen LogP contribution is -2.16. The minimum absolute atomic E-state index is 0.110. The highest BCUT2D eigenvalue weighted by Gasteiger charge is 2.10. The molecule has 0 N–H and O–H groups in total. The van der Waals surface area contributed by atoms with E-state index >= 15 is 0 Å². The lowest BCUT2D eigenvalue weighted by molar-refractivity contribution is -0.124. The van der Waals surface area contributed by atoms with Crippen molar-refractivity contribution in [3.63, 3.8) is 0 Å². The zero-order chi connectivity index (χ0) is 13.0. The molecule has 0 amide bonds. The summed E-state index contributed by atoms with van der Waals surface area (Å²) in [6.07, 6.45) is 0.587. The Labute approximate surface area is 104 Å². The van der Waals surface area contributed by atoms with Crippen molar-refractivity contribution in [3.05, 3.63) is 34.4 Å². The Kier molecular flexibility index (Phi) is 4.88. The van der Waals surface area contributed by atoms with Crippen LogP contribution in [-0.2, 0) is 16.0 Å². The van der Waals surface area contributed by atoms with Crippen LogP contribution in [0.4, 0.5) is 0 Å². The number of rotatable bonds is 5. The molecule has 0 fully saturated rings. The van der Waals surface area contributed by atoms with E-state index in [9.17, 15) is 4.79 Å². The average molecular weight is 234 g/mol. The van der Waals surface area contributed by atoms with Crippen LogP contribution in [0.15, 0.2) is 12.1 Å². The van der Waals surface area contributed by atoms with Gasteiger partial charge in [0.05, 0.1) is 6.10 Å². The topological polar surface area (TPSA) is 26.3 Å². The van der Waals surface area contributed by atoms with Gasteiger partial charge in [0.15, 0.2) is 5.78 Å². The van der Waals surface area contributed by atoms with Crippen LogP contribution in [0.25, 0.3) is 0 Å². The number of carbonyl (C=O) groups excluding carboxylic acids is 1. The minimum Gasteiger partial charge on any atom is -0.371 e. The second kappa shape index (κ2) is 5.97. The molecule has 0 aliphatic heterocycles. The van der Waals surface area contributed by atoms with Crippen LogP contribution < -0.4 is 0 Å². The summed E-state index contributed by atoms with van der Waals surface area (Å²) in [5, 5.41) is 0. The molecule has 0 saturated carbocycles. The first kappa shape index (κ1) is 13.9. The summed E-state index contributed by atoms with van der Waals surface area (Å²) in [5.74, 6) is 0.147. The summed E-state index contributed by atoms with van der Waals surface area (Å²) < 4.78 is 5.33. The highest BCUT2D eigenvalue weighted by atomic mass is 16.5. The predicted molar refractivity (Wildman–Crippen MR) is 70.5 cm³/mol. The van der Waals surface area contributed by atoms with Gasteiger partial charge in [-0.2, -0.15) is 0 Å². The van der Waals surface area contributed by atoms with Crippen LogP contribution in [0.2, 0.25) is 0 Å². The second-order valence-corrected chi connectivity index (χ2v) is 4.95. The largest absolute Gasteiger partial charge is 0.371 e. The van der Waals surface area contributed by atoms with Gasteiger partial charge in [0, 0.05) is 6.42 Å². The van der Waals surface area contributed by atoms with E-state index in [2.05, 4.69) is 32.9 Å². The van der Waals surface area contributed by atoms with Gasteiger partial charge < -0.3 is 4.74 Å². The minimum atomic E-state index is 0.110. The highest BCUT2D eigenvalue weighted by Crippen LogP contribution is 2.17. The third-order valence-electron chi connectivity index (χ3n) is 2.79. The molecule has 1 aromatic rings. The Hall–Kier alpha value is -1.15. The first-order valence-corrected chi connectivity index (χ1v) is 6.10. The highest BCUT2D eigenvalue weighted by molar-refractivity contribution is 5.82. The fraction of sp³-hybridized carbons (Fsp3) is 0.533. The van der Waals surface area contributed by atoms with Gasteiger partial charge in [0.2, 0.25) is 0 Å². The standard InChI is InChI=1S/C15H22O2/c1-10(2)17-9-14(16)8-15-12(4)6-11(3)7-13(15)5/h6-7,10H,8-9H2,1-5H3. The van der Waals surface area contributed by atoms with E-state index in [1.54, 1.807) is 0 Å². The van der Waals surface area contributed by atoms with Crippen LogP contribution in [0.5, 0.6) is 0 Å². The first-order valence-electron chi connectivity index (χ1n) is 6.10. The maximum atomic E-state index is 11.8. The van der Waals surface area contributed by atoms with Crippen LogP contribution in [0.3, 0.4) is 0 Å². The van der Waals surface area contributed by atoms with Crippen LogP contribution in [-0.4, -0.2) is 18.5 Å². The summed E-state index contributed by atoms with van der Waals surface area (Å²) in [7, 11) is 0. The van der Waals surface area contributed by atoms with Crippen molar-refractivity contribution in [2.24, 2.45) is 0 Å². The number of aryl methyl sites for hydroxylation is 3. The first-order chi connectivity index (χ1) is 7.90. The number of hydrogen-bond donors (Lipinski definition) is 0. The van der Waals surface area contributed by atoms with Crippen LogP contribution >= 0.6 is 0 Å². The smallest absolute Gasteiger partial charge is 0.162 e. The summed E-state index contributed by atoms with van der Waals surface area (Å²) in [6, 6.07) is 4.25. The van der Waals surface area contributed by atoms with Gasteiger partial charge in [-0.1, -0.05) is 17.7 Å². The van der Waals surface area contributed by atoms with Gasteiger partial charge in [-0.25, -0.2) is 0 Å². The number of hydrogen-bond acceptors (Lipinski definition) is 2. The normalized spacial score (nSPS) is 10.9. The SMILES string of the molecule is Cc1cc(C)c(CC(=O)COC(C)C)c(C)c1. The van der Waals surface area contributed by atoms with Crippen LogP contribution in [0, 0.1) is 20.8 Å². The summed E-state index contributed by atoms with van der Waals surface area (Å²) >= 11 is 0. The van der Waals surface area contributed by atoms with Crippen molar-refractivity contribution in [1.29, 1.82) is 0 Å². The molecule has 94 valence electrons. The molecule has 0 spiro atoms. The van der Waals surface area contributed by atoms with E-state index in [1.807, 2.05) is 13.8 Å². The summed E-state index contributed by atoms with van der Waals surface area (Å²) in [4.78, 5) is 11.8. The monoisotopic (exact) mass is 234 g/mol. The molecule has 0 heterocycles. The molecule has 2 heteroatoms. The lowest BCUT2D eigenvalue weighted by atomic mass is 9.96. The molecule has 0 radical (unpaired) electrons. The molecule has 0 bridgehead atoms. The Balaban J connectivity index is 2.72. The lowest BCUT2D eigenvalue weighted by Gasteiger charge is -2.11. The molecular formula is C15H22O2. The Morgan fingerprint density at radius 1 is 1.18 bits per heavy atom. The number of carbonyl (C=O) groups is 1. The van der Waals surface area contributed by atoms with Gasteiger partial charge in [-0.05, 0) is 51.3 Å². The molecule has 2 nitrogen and oxygen atoms in total. The molecule has 1 aromatic carbocycles. The number of ketones is 1. The van der Waals surface area contributed by atoms with Crippen molar-refractivity contribution in [3.8, 4) is 0 Å². The molecule has 17 heavy (non-hydrogen) atoms. The van der Waals surface area contributed by atoms with Gasteiger partial charge in [-0.3, -0.25) is 4.79 Å². The molecule has 0 aromatic heterocycles. The van der Waals surface area contributed by atoms with Crippen molar-refractivity contribution in [2.75, 3.05) is 6.61 Å². The fourth-order valence-corrected chi connectivity index (χ4v) is 2.00. The zero-order valence-corrected chi connectivity index (χ0v) is 11.5. The quantitative estimate of drug-likeness (QED) is 0.782. The zero-order valence-electron chi connectivity index (χ0n) is 11.5. The van der Waals surface area contributed by atoms with Gasteiger partial charge in [0.1, 0.15) is 6.61 Å². The summed E-state index contributed by atoms with van der Waals surface area (Å²) in [5.41, 5.74) is 4.78. The van der Waals surface area contributed by atoms with Crippen molar-refractivity contribution in [2.45, 2.75) is 47.1 Å². The maximum absolute atomic E-state index is 11.8. The van der Waals surface area contributed by atoms with Gasteiger partial charge in [-0.15, -0.1) is 0 Å². The van der Waals surface area contributed by atoms with Crippen LogP contribution in [0.1, 0.15) is 36.1 Å². The average Bonchev–Trinajstić information content (AvgIpc) is 2.20. The van der Waals surface area contributed by atoms with E-state index in [4.69, 9.17) is 4.74 Å². The van der Waals surface area contributed by atoms with Gasteiger partial charge >= 0.3 is 0 Å². The Morgan fingerprint density at radius 2 is 1.71 bits per heavy atom.